The number of rotatable bonds is 2. The van der Waals surface area contributed by atoms with Crippen LogP contribution in [0.25, 0.3) is 16.9 Å². The number of hydrogen-bond donors (Lipinski definition) is 1. The molecule has 0 amide bonds. The van der Waals surface area contributed by atoms with Crippen molar-refractivity contribution in [3.8, 4) is 16.9 Å². The molecule has 6 heteroatoms. The Morgan fingerprint density at radius 2 is 1.70 bits per heavy atom. The second-order valence-corrected chi connectivity index (χ2v) is 8.39. The van der Waals surface area contributed by atoms with E-state index in [0.29, 0.717) is 22.1 Å². The number of nitrogens with zero attached hydrogens (tertiary/aromatic N) is 2. The number of aromatic nitrogens is 3. The standard InChI is InChI=1S/C21H24ClN3O2/c1-12-9-15(21(3,4)5)16(22)10-14(12)17-11-18(26)19(13(2)23-17)25-8-7-24(6)20(25)27/h7-11H,1-6H3,(H,23,26). The molecule has 142 valence electrons. The molecule has 0 bridgehead atoms. The zero-order chi connectivity index (χ0) is 20.1. The molecule has 2 heterocycles. The average Bonchev–Trinajstić information content (AvgIpc) is 2.87. The van der Waals surface area contributed by atoms with E-state index in [2.05, 4.69) is 31.8 Å². The van der Waals surface area contributed by atoms with E-state index in [9.17, 15) is 9.59 Å². The second kappa shape index (κ2) is 6.57. The Hall–Kier alpha value is -2.53. The predicted molar refractivity (Wildman–Crippen MR) is 110 cm³/mol. The van der Waals surface area contributed by atoms with E-state index in [1.54, 1.807) is 26.4 Å². The number of H-pyrrole nitrogens is 1. The van der Waals surface area contributed by atoms with Gasteiger partial charge in [-0.15, -0.1) is 0 Å². The summed E-state index contributed by atoms with van der Waals surface area (Å²) in [4.78, 5) is 28.3. The summed E-state index contributed by atoms with van der Waals surface area (Å²) in [6, 6.07) is 5.49. The molecular weight excluding hydrogens is 362 g/mol. The highest BCUT2D eigenvalue weighted by Crippen LogP contribution is 2.34. The smallest absolute Gasteiger partial charge is 0.332 e. The number of nitrogens with one attached hydrogen (secondary N) is 1. The highest BCUT2D eigenvalue weighted by molar-refractivity contribution is 6.31. The lowest BCUT2D eigenvalue weighted by molar-refractivity contribution is 0.590. The lowest BCUT2D eigenvalue weighted by Gasteiger charge is -2.22. The summed E-state index contributed by atoms with van der Waals surface area (Å²) in [7, 11) is 1.65. The molecule has 0 spiro atoms. The van der Waals surface area contributed by atoms with Crippen molar-refractivity contribution in [3.63, 3.8) is 0 Å². The molecule has 0 unspecified atom stereocenters. The molecule has 0 radical (unpaired) electrons. The first-order valence-electron chi connectivity index (χ1n) is 8.80. The maximum Gasteiger partial charge on any atom is 0.332 e. The van der Waals surface area contributed by atoms with E-state index in [1.165, 1.54) is 15.2 Å². The lowest BCUT2D eigenvalue weighted by atomic mass is 9.85. The molecule has 2 aromatic heterocycles. The van der Waals surface area contributed by atoms with Gasteiger partial charge >= 0.3 is 5.69 Å². The van der Waals surface area contributed by atoms with E-state index >= 15 is 0 Å². The molecule has 0 saturated carbocycles. The fourth-order valence-corrected chi connectivity index (χ4v) is 3.75. The van der Waals surface area contributed by atoms with Crippen molar-refractivity contribution in [3.05, 3.63) is 73.1 Å². The minimum atomic E-state index is -0.259. The van der Waals surface area contributed by atoms with Crippen LogP contribution >= 0.6 is 11.6 Å². The molecule has 0 fully saturated rings. The molecule has 1 N–H and O–H groups in total. The Balaban J connectivity index is 2.18. The average molecular weight is 386 g/mol. The number of halogens is 1. The summed E-state index contributed by atoms with van der Waals surface area (Å²) >= 11 is 6.53. The van der Waals surface area contributed by atoms with Crippen molar-refractivity contribution in [1.82, 2.24) is 14.1 Å². The van der Waals surface area contributed by atoms with Gasteiger partial charge in [-0.1, -0.05) is 38.4 Å². The van der Waals surface area contributed by atoms with Gasteiger partial charge in [-0.05, 0) is 36.5 Å². The van der Waals surface area contributed by atoms with E-state index in [-0.39, 0.29) is 16.5 Å². The van der Waals surface area contributed by atoms with Crippen molar-refractivity contribution in [2.45, 2.75) is 40.0 Å². The molecule has 5 nitrogen and oxygen atoms in total. The quantitative estimate of drug-likeness (QED) is 0.722. The van der Waals surface area contributed by atoms with Crippen LogP contribution in [0.1, 0.15) is 37.6 Å². The summed E-state index contributed by atoms with van der Waals surface area (Å²) in [5, 5.41) is 0.671. The molecule has 1 aromatic carbocycles. The summed E-state index contributed by atoms with van der Waals surface area (Å²) < 4.78 is 2.79. The Morgan fingerprint density at radius 1 is 1.04 bits per heavy atom. The lowest BCUT2D eigenvalue weighted by Crippen LogP contribution is -2.26. The zero-order valence-electron chi connectivity index (χ0n) is 16.5. The van der Waals surface area contributed by atoms with Crippen molar-refractivity contribution < 1.29 is 0 Å². The van der Waals surface area contributed by atoms with Gasteiger partial charge in [0.25, 0.3) is 0 Å². The first-order chi connectivity index (χ1) is 12.5. The second-order valence-electron chi connectivity index (χ2n) is 7.98. The van der Waals surface area contributed by atoms with Crippen LogP contribution in [0.2, 0.25) is 5.02 Å². The Labute approximate surface area is 163 Å². The van der Waals surface area contributed by atoms with Crippen molar-refractivity contribution >= 4 is 11.6 Å². The first kappa shape index (κ1) is 19.2. The molecule has 0 aliphatic carbocycles. The van der Waals surface area contributed by atoms with Gasteiger partial charge in [0.05, 0.1) is 0 Å². The molecule has 0 aliphatic rings. The normalized spacial score (nSPS) is 11.8. The molecule has 3 aromatic rings. The molecule has 0 atom stereocenters. The van der Waals surface area contributed by atoms with Crippen LogP contribution in [0.4, 0.5) is 0 Å². The van der Waals surface area contributed by atoms with Crippen LogP contribution in [0.5, 0.6) is 0 Å². The van der Waals surface area contributed by atoms with Crippen LogP contribution in [-0.2, 0) is 12.5 Å². The van der Waals surface area contributed by atoms with Crippen molar-refractivity contribution in [1.29, 1.82) is 0 Å². The largest absolute Gasteiger partial charge is 0.357 e. The summed E-state index contributed by atoms with van der Waals surface area (Å²) in [5.41, 5.74) is 4.07. The maximum absolute atomic E-state index is 12.8. The monoisotopic (exact) mass is 385 g/mol. The third kappa shape index (κ3) is 3.39. The Morgan fingerprint density at radius 3 is 2.22 bits per heavy atom. The summed E-state index contributed by atoms with van der Waals surface area (Å²) in [5.74, 6) is 0. The highest BCUT2D eigenvalue weighted by atomic mass is 35.5. The Bertz CT molecular complexity index is 1140. The van der Waals surface area contributed by atoms with Gasteiger partial charge in [-0.2, -0.15) is 0 Å². The number of aromatic amines is 1. The number of hydrogen-bond acceptors (Lipinski definition) is 2. The van der Waals surface area contributed by atoms with Gasteiger partial charge in [0.15, 0.2) is 0 Å². The van der Waals surface area contributed by atoms with E-state index in [4.69, 9.17) is 11.6 Å². The van der Waals surface area contributed by atoms with E-state index in [0.717, 1.165) is 16.7 Å². The van der Waals surface area contributed by atoms with E-state index in [1.807, 2.05) is 13.0 Å². The van der Waals surface area contributed by atoms with Gasteiger partial charge in [0.1, 0.15) is 5.69 Å². The molecule has 0 saturated heterocycles. The van der Waals surface area contributed by atoms with Gasteiger partial charge in [0.2, 0.25) is 5.43 Å². The highest BCUT2D eigenvalue weighted by Gasteiger charge is 2.20. The summed E-state index contributed by atoms with van der Waals surface area (Å²) in [6.07, 6.45) is 3.23. The zero-order valence-corrected chi connectivity index (χ0v) is 17.2. The third-order valence-electron chi connectivity index (χ3n) is 4.79. The summed E-state index contributed by atoms with van der Waals surface area (Å²) in [6.45, 7) is 10.1. The fraction of sp³-hybridized carbons (Fsp3) is 0.333. The topological polar surface area (TPSA) is 59.8 Å². The number of imidazole rings is 1. The molecule has 0 aliphatic heterocycles. The minimum Gasteiger partial charge on any atom is -0.357 e. The molecule has 27 heavy (non-hydrogen) atoms. The SMILES string of the molecule is Cc1cc(C(C)(C)C)c(Cl)cc1-c1cc(=O)c(-n2ccn(C)c2=O)c(C)[nH]1. The third-order valence-corrected chi connectivity index (χ3v) is 5.10. The number of benzene rings is 1. The Kier molecular flexibility index (Phi) is 4.68. The van der Waals surface area contributed by atoms with Crippen molar-refractivity contribution in [2.75, 3.05) is 0 Å². The van der Waals surface area contributed by atoms with Crippen LogP contribution in [0.15, 0.2) is 40.2 Å². The number of aryl methyl sites for hydroxylation is 3. The first-order valence-corrected chi connectivity index (χ1v) is 9.18. The molecular formula is C21H24ClN3O2. The fourth-order valence-electron chi connectivity index (χ4n) is 3.31. The van der Waals surface area contributed by atoms with Crippen LogP contribution < -0.4 is 11.1 Å². The predicted octanol–water partition coefficient (Wildman–Crippen LogP) is 4.10. The van der Waals surface area contributed by atoms with Gasteiger partial charge in [-0.25, -0.2) is 4.79 Å². The number of pyridine rings is 1. The van der Waals surface area contributed by atoms with E-state index < -0.39 is 0 Å². The molecule has 3 rings (SSSR count). The van der Waals surface area contributed by atoms with Crippen LogP contribution in [0, 0.1) is 13.8 Å². The van der Waals surface area contributed by atoms with Crippen molar-refractivity contribution in [2.24, 2.45) is 7.05 Å². The van der Waals surface area contributed by atoms with Gasteiger partial charge < -0.3 is 9.55 Å². The van der Waals surface area contributed by atoms with Crippen LogP contribution in [0.3, 0.4) is 0 Å². The van der Waals surface area contributed by atoms with Gasteiger partial charge in [-0.3, -0.25) is 9.36 Å². The van der Waals surface area contributed by atoms with Crippen LogP contribution in [-0.4, -0.2) is 14.1 Å². The van der Waals surface area contributed by atoms with Gasteiger partial charge in [0, 0.05) is 47.5 Å². The minimum absolute atomic E-state index is 0.0674. The maximum atomic E-state index is 12.8.